The third-order valence-electron chi connectivity index (χ3n) is 6.43. The van der Waals surface area contributed by atoms with E-state index in [0.717, 1.165) is 43.5 Å². The number of nitriles is 1. The quantitative estimate of drug-likeness (QED) is 0.814. The molecule has 5 nitrogen and oxygen atoms in total. The largest absolute Gasteiger partial charge is 0.376 e. The van der Waals surface area contributed by atoms with Crippen LogP contribution in [0.2, 0.25) is 0 Å². The van der Waals surface area contributed by atoms with Crippen molar-refractivity contribution in [3.8, 4) is 6.07 Å². The summed E-state index contributed by atoms with van der Waals surface area (Å²) in [6.07, 6.45) is 5.33. The molecular weight excluding hydrogens is 324 g/mol. The van der Waals surface area contributed by atoms with Gasteiger partial charge in [0.05, 0.1) is 11.7 Å². The van der Waals surface area contributed by atoms with Gasteiger partial charge in [-0.15, -0.1) is 0 Å². The highest BCUT2D eigenvalue weighted by molar-refractivity contribution is 5.55. The van der Waals surface area contributed by atoms with Gasteiger partial charge in [0.15, 0.2) is 0 Å². The maximum absolute atomic E-state index is 9.47. The van der Waals surface area contributed by atoms with E-state index in [1.165, 1.54) is 19.3 Å². The lowest BCUT2D eigenvalue weighted by Gasteiger charge is -2.41. The summed E-state index contributed by atoms with van der Waals surface area (Å²) in [7, 11) is 4.36. The Morgan fingerprint density at radius 3 is 2.62 bits per heavy atom. The number of anilines is 1. The van der Waals surface area contributed by atoms with Crippen LogP contribution in [0.15, 0.2) is 12.1 Å². The van der Waals surface area contributed by atoms with Crippen molar-refractivity contribution in [3.63, 3.8) is 0 Å². The molecule has 0 N–H and O–H groups in total. The fourth-order valence-electron chi connectivity index (χ4n) is 4.70. The van der Waals surface area contributed by atoms with Crippen LogP contribution in [0.1, 0.15) is 36.9 Å². The first-order chi connectivity index (χ1) is 12.5. The van der Waals surface area contributed by atoms with Crippen LogP contribution in [-0.4, -0.2) is 55.8 Å². The minimum absolute atomic E-state index is 0.340. The first-order valence-corrected chi connectivity index (χ1v) is 9.96. The van der Waals surface area contributed by atoms with Gasteiger partial charge in [-0.25, -0.2) is 4.98 Å². The number of rotatable bonds is 5. The number of aromatic nitrogens is 1. The van der Waals surface area contributed by atoms with Crippen LogP contribution in [0.4, 0.5) is 5.82 Å². The highest BCUT2D eigenvalue weighted by Gasteiger charge is 2.44. The Kier molecular flexibility index (Phi) is 4.90. The second-order valence-electron chi connectivity index (χ2n) is 8.68. The topological polar surface area (TPSA) is 52.4 Å². The van der Waals surface area contributed by atoms with Gasteiger partial charge in [-0.1, -0.05) is 0 Å². The second-order valence-corrected chi connectivity index (χ2v) is 8.68. The maximum atomic E-state index is 9.47. The van der Waals surface area contributed by atoms with Crippen molar-refractivity contribution in [2.45, 2.75) is 44.8 Å². The average molecular weight is 354 g/mol. The van der Waals surface area contributed by atoms with Crippen molar-refractivity contribution in [2.24, 2.45) is 17.8 Å². The highest BCUT2D eigenvalue weighted by Crippen LogP contribution is 2.41. The fraction of sp³-hybridized carbons (Fsp3) is 0.714. The molecule has 4 atom stereocenters. The van der Waals surface area contributed by atoms with Gasteiger partial charge in [-0.3, -0.25) is 0 Å². The molecule has 4 rings (SSSR count). The van der Waals surface area contributed by atoms with Crippen LogP contribution in [-0.2, 0) is 4.74 Å². The third kappa shape index (κ3) is 3.58. The average Bonchev–Trinajstić information content (AvgIpc) is 3.36. The van der Waals surface area contributed by atoms with Crippen molar-refractivity contribution in [3.05, 3.63) is 23.4 Å². The van der Waals surface area contributed by atoms with E-state index in [2.05, 4.69) is 34.9 Å². The Morgan fingerprint density at radius 2 is 1.96 bits per heavy atom. The molecule has 1 aromatic heterocycles. The second kappa shape index (κ2) is 7.17. The predicted octanol–water partition coefficient (Wildman–Crippen LogP) is 2.83. The SMILES string of the molecule is Cc1ccc(C#N)c(N2C[C@H]3C[C@@H](N(C)C)[C@H](OCC4CC4)C[C@H]3C2)n1. The van der Waals surface area contributed by atoms with Gasteiger partial charge in [-0.05, 0) is 76.6 Å². The number of hydrogen-bond donors (Lipinski definition) is 0. The Balaban J connectivity index is 1.49. The highest BCUT2D eigenvalue weighted by atomic mass is 16.5. The minimum Gasteiger partial charge on any atom is -0.376 e. The summed E-state index contributed by atoms with van der Waals surface area (Å²) in [4.78, 5) is 9.38. The van der Waals surface area contributed by atoms with E-state index in [-0.39, 0.29) is 0 Å². The molecule has 0 bridgehead atoms. The molecule has 1 aromatic rings. The van der Waals surface area contributed by atoms with Gasteiger partial charge in [0.25, 0.3) is 0 Å². The number of likely N-dealkylation sites (N-methyl/N-ethyl adjacent to an activating group) is 1. The maximum Gasteiger partial charge on any atom is 0.146 e. The third-order valence-corrected chi connectivity index (χ3v) is 6.43. The zero-order chi connectivity index (χ0) is 18.3. The number of nitrogens with zero attached hydrogens (tertiary/aromatic N) is 4. The zero-order valence-electron chi connectivity index (χ0n) is 16.2. The van der Waals surface area contributed by atoms with Crippen LogP contribution < -0.4 is 4.90 Å². The number of pyridine rings is 1. The van der Waals surface area contributed by atoms with Gasteiger partial charge >= 0.3 is 0 Å². The van der Waals surface area contributed by atoms with Crippen molar-refractivity contribution >= 4 is 5.82 Å². The van der Waals surface area contributed by atoms with E-state index in [0.29, 0.717) is 29.5 Å². The molecule has 26 heavy (non-hydrogen) atoms. The summed E-state index contributed by atoms with van der Waals surface area (Å²) >= 11 is 0. The molecule has 2 aliphatic carbocycles. The number of fused-ring (bicyclic) bond motifs is 1. The smallest absolute Gasteiger partial charge is 0.146 e. The minimum atomic E-state index is 0.340. The molecule has 140 valence electrons. The molecule has 0 amide bonds. The van der Waals surface area contributed by atoms with Gasteiger partial charge < -0.3 is 14.5 Å². The monoisotopic (exact) mass is 354 g/mol. The summed E-state index contributed by atoms with van der Waals surface area (Å²) in [6, 6.07) is 6.65. The number of aryl methyl sites for hydroxylation is 1. The zero-order valence-corrected chi connectivity index (χ0v) is 16.2. The molecule has 0 aromatic carbocycles. The van der Waals surface area contributed by atoms with Gasteiger partial charge in [0.2, 0.25) is 0 Å². The Labute approximate surface area is 156 Å². The van der Waals surface area contributed by atoms with E-state index in [1.54, 1.807) is 0 Å². The molecule has 1 saturated heterocycles. The molecule has 0 unspecified atom stereocenters. The lowest BCUT2D eigenvalue weighted by molar-refractivity contribution is -0.0493. The fourth-order valence-corrected chi connectivity index (χ4v) is 4.70. The van der Waals surface area contributed by atoms with Crippen molar-refractivity contribution in [1.82, 2.24) is 9.88 Å². The molecular formula is C21H30N4O. The van der Waals surface area contributed by atoms with E-state index in [9.17, 15) is 5.26 Å². The molecule has 1 aliphatic heterocycles. The molecule has 3 aliphatic rings. The van der Waals surface area contributed by atoms with E-state index in [1.807, 2.05) is 19.1 Å². The number of ether oxygens (including phenoxy) is 1. The van der Waals surface area contributed by atoms with Crippen molar-refractivity contribution in [1.29, 1.82) is 5.26 Å². The standard InChI is InChI=1S/C21H30N4O/c1-14-4-7-16(10-22)21(23-14)25-11-17-8-19(24(2)3)20(9-18(17)12-25)26-13-15-5-6-15/h4,7,15,17-20H,5-6,8-9,11-13H2,1-3H3/t17-,18+,19-,20-/m1/s1. The molecule has 5 heteroatoms. The predicted molar refractivity (Wildman–Crippen MR) is 102 cm³/mol. The molecule has 2 heterocycles. The molecule has 3 fully saturated rings. The molecule has 2 saturated carbocycles. The van der Waals surface area contributed by atoms with E-state index in [4.69, 9.17) is 4.74 Å². The lowest BCUT2D eigenvalue weighted by Crippen LogP contribution is -2.48. The Morgan fingerprint density at radius 1 is 1.23 bits per heavy atom. The van der Waals surface area contributed by atoms with E-state index < -0.39 is 0 Å². The van der Waals surface area contributed by atoms with Crippen molar-refractivity contribution in [2.75, 3.05) is 38.7 Å². The Hall–Kier alpha value is -1.64. The molecule has 0 spiro atoms. The van der Waals surface area contributed by atoms with Crippen LogP contribution in [0.3, 0.4) is 0 Å². The molecule has 0 radical (unpaired) electrons. The Bertz CT molecular complexity index is 694. The van der Waals surface area contributed by atoms with Crippen LogP contribution in [0.5, 0.6) is 0 Å². The summed E-state index contributed by atoms with van der Waals surface area (Å²) < 4.78 is 6.37. The van der Waals surface area contributed by atoms with Gasteiger partial charge in [-0.2, -0.15) is 5.26 Å². The summed E-state index contributed by atoms with van der Waals surface area (Å²) in [5, 5.41) is 9.47. The van der Waals surface area contributed by atoms with Gasteiger partial charge in [0, 0.05) is 31.4 Å². The van der Waals surface area contributed by atoms with E-state index >= 15 is 0 Å². The van der Waals surface area contributed by atoms with Crippen LogP contribution in [0, 0.1) is 36.0 Å². The first kappa shape index (κ1) is 17.8. The van der Waals surface area contributed by atoms with Crippen molar-refractivity contribution < 1.29 is 4.74 Å². The summed E-state index contributed by atoms with van der Waals surface area (Å²) in [6.45, 7) is 4.94. The normalized spacial score (nSPS) is 31.1. The summed E-state index contributed by atoms with van der Waals surface area (Å²) in [5.74, 6) is 2.99. The van der Waals surface area contributed by atoms with Crippen LogP contribution in [0.25, 0.3) is 0 Å². The first-order valence-electron chi connectivity index (χ1n) is 9.96. The van der Waals surface area contributed by atoms with Gasteiger partial charge in [0.1, 0.15) is 11.9 Å². The van der Waals surface area contributed by atoms with Crippen LogP contribution >= 0.6 is 0 Å². The lowest BCUT2D eigenvalue weighted by atomic mass is 9.77. The number of hydrogen-bond acceptors (Lipinski definition) is 5. The summed E-state index contributed by atoms with van der Waals surface area (Å²) in [5.41, 5.74) is 1.67.